The lowest BCUT2D eigenvalue weighted by atomic mass is 9.96. The molecular weight excluding hydrogens is 387 g/mol. The summed E-state index contributed by atoms with van der Waals surface area (Å²) >= 11 is 0. The molecule has 156 valence electrons. The number of ether oxygens (including phenoxy) is 1. The van der Waals surface area contributed by atoms with Crippen LogP contribution in [-0.2, 0) is 7.05 Å². The van der Waals surface area contributed by atoms with Crippen LogP contribution >= 0.6 is 0 Å². The normalized spacial score (nSPS) is 17.3. The van der Waals surface area contributed by atoms with E-state index in [1.165, 1.54) is 24.9 Å². The number of carbonyl (C=O) groups is 1. The van der Waals surface area contributed by atoms with Crippen molar-refractivity contribution in [3.05, 3.63) is 42.1 Å². The van der Waals surface area contributed by atoms with E-state index in [-0.39, 0.29) is 17.8 Å². The third kappa shape index (κ3) is 3.44. The number of benzene rings is 1. The molecule has 1 aromatic carbocycles. The molecule has 2 aromatic heterocycles. The van der Waals surface area contributed by atoms with E-state index in [0.717, 1.165) is 24.2 Å². The van der Waals surface area contributed by atoms with Gasteiger partial charge in [0, 0.05) is 44.7 Å². The van der Waals surface area contributed by atoms with Crippen LogP contribution in [-0.4, -0.2) is 62.8 Å². The lowest BCUT2D eigenvalue weighted by Crippen LogP contribution is -2.49. The lowest BCUT2D eigenvalue weighted by Gasteiger charge is -2.35. The molecule has 5 rings (SSSR count). The molecule has 1 saturated heterocycles. The molecule has 3 aromatic rings. The number of aryl methyl sites for hydroxylation is 1. The van der Waals surface area contributed by atoms with Gasteiger partial charge < -0.3 is 14.5 Å². The van der Waals surface area contributed by atoms with Crippen LogP contribution in [0.4, 0.5) is 10.2 Å². The Balaban J connectivity index is 1.28. The van der Waals surface area contributed by atoms with E-state index in [1.54, 1.807) is 22.7 Å². The molecule has 2 fully saturated rings. The monoisotopic (exact) mass is 410 g/mol. The van der Waals surface area contributed by atoms with Crippen molar-refractivity contribution in [2.75, 3.05) is 31.1 Å². The summed E-state index contributed by atoms with van der Waals surface area (Å²) in [6, 6.07) is 6.26. The number of nitrogens with zero attached hydrogens (tertiary/aromatic N) is 6. The quantitative estimate of drug-likeness (QED) is 0.657. The molecule has 1 aliphatic heterocycles. The number of amides is 1. The maximum atomic E-state index is 13.7. The summed E-state index contributed by atoms with van der Waals surface area (Å²) in [5, 5.41) is 4.88. The second-order valence-electron chi connectivity index (χ2n) is 7.80. The molecule has 1 saturated carbocycles. The SMILES string of the molecule is Cn1nc(C(=O)N2CCN(c3cc(OC4CCC4)ncn3)CC2)c2cc(F)ccc21. The van der Waals surface area contributed by atoms with Gasteiger partial charge in [0.25, 0.3) is 5.91 Å². The summed E-state index contributed by atoms with van der Waals surface area (Å²) in [7, 11) is 1.76. The van der Waals surface area contributed by atoms with Crippen LogP contribution in [0.15, 0.2) is 30.6 Å². The molecule has 0 unspecified atom stereocenters. The minimum absolute atomic E-state index is 0.178. The fraction of sp³-hybridized carbons (Fsp3) is 0.429. The lowest BCUT2D eigenvalue weighted by molar-refractivity contribution is 0.0741. The Kier molecular flexibility index (Phi) is 4.72. The van der Waals surface area contributed by atoms with Gasteiger partial charge in [0.2, 0.25) is 5.88 Å². The van der Waals surface area contributed by atoms with Crippen LogP contribution in [0.3, 0.4) is 0 Å². The van der Waals surface area contributed by atoms with E-state index in [1.807, 2.05) is 6.07 Å². The van der Waals surface area contributed by atoms with Crippen LogP contribution in [0.25, 0.3) is 10.9 Å². The van der Waals surface area contributed by atoms with Gasteiger partial charge in [-0.25, -0.2) is 14.4 Å². The molecule has 2 aliphatic rings. The summed E-state index contributed by atoms with van der Waals surface area (Å²) < 4.78 is 21.2. The Morgan fingerprint density at radius 1 is 1.13 bits per heavy atom. The van der Waals surface area contributed by atoms with Crippen molar-refractivity contribution >= 4 is 22.6 Å². The minimum atomic E-state index is -0.377. The van der Waals surface area contributed by atoms with E-state index >= 15 is 0 Å². The van der Waals surface area contributed by atoms with Crippen LogP contribution < -0.4 is 9.64 Å². The second-order valence-corrected chi connectivity index (χ2v) is 7.80. The summed E-state index contributed by atoms with van der Waals surface area (Å²) in [6.45, 7) is 2.36. The highest BCUT2D eigenvalue weighted by Crippen LogP contribution is 2.26. The number of anilines is 1. The molecule has 0 spiro atoms. The highest BCUT2D eigenvalue weighted by atomic mass is 19.1. The highest BCUT2D eigenvalue weighted by molar-refractivity contribution is 6.05. The third-order valence-electron chi connectivity index (χ3n) is 5.87. The number of rotatable bonds is 4. The van der Waals surface area contributed by atoms with Gasteiger partial charge in [0.15, 0.2) is 5.69 Å². The molecule has 3 heterocycles. The number of hydrogen-bond donors (Lipinski definition) is 0. The van der Waals surface area contributed by atoms with E-state index < -0.39 is 0 Å². The fourth-order valence-electron chi connectivity index (χ4n) is 3.91. The maximum absolute atomic E-state index is 13.7. The van der Waals surface area contributed by atoms with Gasteiger partial charge in [-0.15, -0.1) is 0 Å². The summed E-state index contributed by atoms with van der Waals surface area (Å²) in [5.74, 6) is 0.850. The Labute approximate surface area is 173 Å². The Bertz CT molecular complexity index is 1090. The number of aromatic nitrogens is 4. The van der Waals surface area contributed by atoms with Crippen LogP contribution in [0.2, 0.25) is 0 Å². The van der Waals surface area contributed by atoms with Crippen LogP contribution in [0, 0.1) is 5.82 Å². The molecule has 0 N–H and O–H groups in total. The smallest absolute Gasteiger partial charge is 0.275 e. The van der Waals surface area contributed by atoms with E-state index in [4.69, 9.17) is 4.74 Å². The number of hydrogen-bond acceptors (Lipinski definition) is 6. The van der Waals surface area contributed by atoms with Crippen molar-refractivity contribution in [2.24, 2.45) is 7.05 Å². The van der Waals surface area contributed by atoms with Gasteiger partial charge in [0.05, 0.1) is 5.52 Å². The van der Waals surface area contributed by atoms with E-state index in [9.17, 15) is 9.18 Å². The number of piperazine rings is 1. The van der Waals surface area contributed by atoms with E-state index in [2.05, 4.69) is 20.0 Å². The zero-order valence-electron chi connectivity index (χ0n) is 16.8. The first-order valence-electron chi connectivity index (χ1n) is 10.2. The zero-order valence-corrected chi connectivity index (χ0v) is 16.8. The Morgan fingerprint density at radius 3 is 2.67 bits per heavy atom. The summed E-state index contributed by atoms with van der Waals surface area (Å²) in [5.41, 5.74) is 1.03. The first kappa shape index (κ1) is 18.8. The van der Waals surface area contributed by atoms with Gasteiger partial charge in [-0.2, -0.15) is 5.10 Å². The largest absolute Gasteiger partial charge is 0.474 e. The number of fused-ring (bicyclic) bond motifs is 1. The van der Waals surface area contributed by atoms with Gasteiger partial charge >= 0.3 is 0 Å². The maximum Gasteiger partial charge on any atom is 0.275 e. The summed E-state index contributed by atoms with van der Waals surface area (Å²) in [4.78, 5) is 25.5. The fourth-order valence-corrected chi connectivity index (χ4v) is 3.91. The van der Waals surface area contributed by atoms with Crippen LogP contribution in [0.1, 0.15) is 29.8 Å². The highest BCUT2D eigenvalue weighted by Gasteiger charge is 2.27. The van der Waals surface area contributed by atoms with Gasteiger partial charge in [-0.3, -0.25) is 9.48 Å². The molecule has 1 aliphatic carbocycles. The molecule has 0 radical (unpaired) electrons. The first-order chi connectivity index (χ1) is 14.6. The first-order valence-corrected chi connectivity index (χ1v) is 10.2. The molecule has 8 nitrogen and oxygen atoms in total. The van der Waals surface area contributed by atoms with Gasteiger partial charge in [-0.1, -0.05) is 0 Å². The van der Waals surface area contributed by atoms with Crippen LogP contribution in [0.5, 0.6) is 5.88 Å². The number of halogens is 1. The van der Waals surface area contributed by atoms with Crippen molar-refractivity contribution in [3.8, 4) is 5.88 Å². The minimum Gasteiger partial charge on any atom is -0.474 e. The zero-order chi connectivity index (χ0) is 20.7. The second kappa shape index (κ2) is 7.55. The predicted octanol–water partition coefficient (Wildman–Crippen LogP) is 2.40. The van der Waals surface area contributed by atoms with Gasteiger partial charge in [0.1, 0.15) is 24.1 Å². The van der Waals surface area contributed by atoms with Crippen molar-refractivity contribution < 1.29 is 13.9 Å². The average Bonchev–Trinajstić information content (AvgIpc) is 3.06. The topological polar surface area (TPSA) is 76.4 Å². The van der Waals surface area contributed by atoms with E-state index in [0.29, 0.717) is 43.1 Å². The molecule has 0 bridgehead atoms. The van der Waals surface area contributed by atoms with Crippen molar-refractivity contribution in [1.82, 2.24) is 24.6 Å². The summed E-state index contributed by atoms with van der Waals surface area (Å²) in [6.07, 6.45) is 5.14. The average molecular weight is 410 g/mol. The Morgan fingerprint density at radius 2 is 1.93 bits per heavy atom. The standard InChI is InChI=1S/C21H23FN6O2/c1-26-17-6-5-14(22)11-16(17)20(25-26)21(29)28-9-7-27(8-10-28)18-12-19(24-13-23-18)30-15-3-2-4-15/h5-6,11-13,15H,2-4,7-10H2,1H3. The number of carbonyl (C=O) groups excluding carboxylic acids is 1. The molecule has 30 heavy (non-hydrogen) atoms. The third-order valence-corrected chi connectivity index (χ3v) is 5.87. The van der Waals surface area contributed by atoms with Crippen molar-refractivity contribution in [1.29, 1.82) is 0 Å². The molecule has 0 atom stereocenters. The molecule has 1 amide bonds. The van der Waals surface area contributed by atoms with Gasteiger partial charge in [-0.05, 0) is 37.5 Å². The molecule has 9 heteroatoms. The Hall–Kier alpha value is -3.23. The predicted molar refractivity (Wildman–Crippen MR) is 109 cm³/mol. The molecular formula is C21H23FN6O2. The van der Waals surface area contributed by atoms with Crippen molar-refractivity contribution in [3.63, 3.8) is 0 Å². The van der Waals surface area contributed by atoms with Crippen molar-refractivity contribution in [2.45, 2.75) is 25.4 Å².